The molecule has 0 radical (unpaired) electrons. The summed E-state index contributed by atoms with van der Waals surface area (Å²) in [5, 5.41) is 11.5. The Balaban J connectivity index is 2.71. The number of hydrogen-bond donors (Lipinski definition) is 2. The Hall–Kier alpha value is -1.40. The van der Waals surface area contributed by atoms with Gasteiger partial charge in [0.2, 0.25) is 5.91 Å². The van der Waals surface area contributed by atoms with Gasteiger partial charge in [-0.05, 0) is 39.0 Å². The summed E-state index contributed by atoms with van der Waals surface area (Å²) in [5.74, 6) is -1.38. The second-order valence-electron chi connectivity index (χ2n) is 4.98. The van der Waals surface area contributed by atoms with Gasteiger partial charge in [0.15, 0.2) is 0 Å². The van der Waals surface area contributed by atoms with Crippen molar-refractivity contribution < 1.29 is 19.4 Å². The zero-order valence-electron chi connectivity index (χ0n) is 11.0. The van der Waals surface area contributed by atoms with Crippen molar-refractivity contribution in [1.29, 1.82) is 0 Å². The molecule has 1 aromatic carbocycles. The molecule has 0 fully saturated rings. The third-order valence-electron chi connectivity index (χ3n) is 2.06. The van der Waals surface area contributed by atoms with Gasteiger partial charge in [-0.15, -0.1) is 0 Å². The maximum atomic E-state index is 11.7. The molecule has 19 heavy (non-hydrogen) atoms. The van der Waals surface area contributed by atoms with Crippen molar-refractivity contribution in [3.8, 4) is 0 Å². The third-order valence-corrected chi connectivity index (χ3v) is 2.52. The van der Waals surface area contributed by atoms with Crippen LogP contribution in [-0.4, -0.2) is 29.2 Å². The van der Waals surface area contributed by atoms with Gasteiger partial charge < -0.3 is 15.2 Å². The number of amides is 1. The first kappa shape index (κ1) is 15.7. The predicted molar refractivity (Wildman–Crippen MR) is 75.4 cm³/mol. The summed E-state index contributed by atoms with van der Waals surface area (Å²) in [7, 11) is 0. The van der Waals surface area contributed by atoms with Crippen LogP contribution in [0.5, 0.6) is 0 Å². The first-order chi connectivity index (χ1) is 8.67. The van der Waals surface area contributed by atoms with Crippen molar-refractivity contribution in [2.24, 2.45) is 0 Å². The molecule has 0 aliphatic rings. The average Bonchev–Trinajstić information content (AvgIpc) is 2.24. The van der Waals surface area contributed by atoms with E-state index < -0.39 is 11.6 Å². The molecule has 0 atom stereocenters. The highest BCUT2D eigenvalue weighted by atomic mass is 79.9. The van der Waals surface area contributed by atoms with Crippen molar-refractivity contribution in [2.45, 2.75) is 26.4 Å². The van der Waals surface area contributed by atoms with E-state index in [0.29, 0.717) is 10.2 Å². The van der Waals surface area contributed by atoms with Crippen molar-refractivity contribution in [1.82, 2.24) is 0 Å². The second kappa shape index (κ2) is 6.16. The van der Waals surface area contributed by atoms with Gasteiger partial charge in [0.25, 0.3) is 0 Å². The monoisotopic (exact) mass is 329 g/mol. The Morgan fingerprint density at radius 1 is 1.32 bits per heavy atom. The summed E-state index contributed by atoms with van der Waals surface area (Å²) in [4.78, 5) is 22.5. The second-order valence-corrected chi connectivity index (χ2v) is 5.90. The van der Waals surface area contributed by atoms with Gasteiger partial charge in [0.05, 0.1) is 11.2 Å². The van der Waals surface area contributed by atoms with E-state index in [1.54, 1.807) is 6.07 Å². The van der Waals surface area contributed by atoms with E-state index in [4.69, 9.17) is 9.84 Å². The summed E-state index contributed by atoms with van der Waals surface area (Å²) in [6.07, 6.45) is 0. The van der Waals surface area contributed by atoms with Gasteiger partial charge in [-0.1, -0.05) is 15.9 Å². The molecular weight excluding hydrogens is 314 g/mol. The number of nitrogens with one attached hydrogen (secondary N) is 1. The Morgan fingerprint density at radius 3 is 2.47 bits per heavy atom. The van der Waals surface area contributed by atoms with E-state index in [2.05, 4.69) is 21.2 Å². The molecule has 2 N–H and O–H groups in total. The van der Waals surface area contributed by atoms with Crippen molar-refractivity contribution in [3.05, 3.63) is 28.2 Å². The molecule has 5 nitrogen and oxygen atoms in total. The minimum Gasteiger partial charge on any atom is -0.478 e. The minimum absolute atomic E-state index is 0.0849. The lowest BCUT2D eigenvalue weighted by molar-refractivity contribution is -0.125. The molecule has 0 aliphatic carbocycles. The number of carboxylic acids is 1. The van der Waals surface area contributed by atoms with E-state index in [1.807, 2.05) is 20.8 Å². The van der Waals surface area contributed by atoms with Gasteiger partial charge in [-0.25, -0.2) is 4.79 Å². The summed E-state index contributed by atoms with van der Waals surface area (Å²) in [5.41, 5.74) is 0.108. The van der Waals surface area contributed by atoms with Crippen LogP contribution in [0.4, 0.5) is 5.69 Å². The fourth-order valence-electron chi connectivity index (χ4n) is 1.26. The summed E-state index contributed by atoms with van der Waals surface area (Å²) < 4.78 is 5.91. The molecule has 0 saturated carbocycles. The SMILES string of the molecule is CC(C)(C)OCC(=O)Nc1cc(Br)cc(C(=O)O)c1. The maximum Gasteiger partial charge on any atom is 0.335 e. The Morgan fingerprint density at radius 2 is 1.95 bits per heavy atom. The molecule has 0 bridgehead atoms. The lowest BCUT2D eigenvalue weighted by atomic mass is 10.2. The third kappa shape index (κ3) is 5.85. The van der Waals surface area contributed by atoms with Gasteiger partial charge in [0, 0.05) is 10.2 Å². The Bertz CT molecular complexity index is 494. The van der Waals surface area contributed by atoms with Crippen LogP contribution in [0.3, 0.4) is 0 Å². The number of rotatable bonds is 4. The Labute approximate surface area is 120 Å². The fourth-order valence-corrected chi connectivity index (χ4v) is 1.76. The number of hydrogen-bond acceptors (Lipinski definition) is 3. The van der Waals surface area contributed by atoms with E-state index in [-0.39, 0.29) is 18.1 Å². The molecule has 0 saturated heterocycles. The zero-order valence-corrected chi connectivity index (χ0v) is 12.6. The van der Waals surface area contributed by atoms with Gasteiger partial charge >= 0.3 is 5.97 Å². The van der Waals surface area contributed by atoms with Crippen LogP contribution in [0, 0.1) is 0 Å². The normalized spacial score (nSPS) is 11.2. The number of carbonyl (C=O) groups excluding carboxylic acids is 1. The molecule has 0 heterocycles. The number of ether oxygens (including phenoxy) is 1. The van der Waals surface area contributed by atoms with Crippen LogP contribution in [0.15, 0.2) is 22.7 Å². The topological polar surface area (TPSA) is 75.6 Å². The lowest BCUT2D eigenvalue weighted by Gasteiger charge is -2.19. The highest BCUT2D eigenvalue weighted by Crippen LogP contribution is 2.20. The standard InChI is InChI=1S/C13H16BrNO4/c1-13(2,3)19-7-11(16)15-10-5-8(12(17)18)4-9(14)6-10/h4-6H,7H2,1-3H3,(H,15,16)(H,17,18). The van der Waals surface area contributed by atoms with E-state index in [0.717, 1.165) is 0 Å². The Kier molecular flexibility index (Phi) is 5.08. The van der Waals surface area contributed by atoms with Crippen LogP contribution < -0.4 is 5.32 Å². The maximum absolute atomic E-state index is 11.7. The van der Waals surface area contributed by atoms with Crippen LogP contribution >= 0.6 is 15.9 Å². The molecule has 0 spiro atoms. The molecule has 104 valence electrons. The van der Waals surface area contributed by atoms with Crippen molar-refractivity contribution in [2.75, 3.05) is 11.9 Å². The van der Waals surface area contributed by atoms with Crippen LogP contribution in [0.1, 0.15) is 31.1 Å². The molecule has 1 amide bonds. The number of benzene rings is 1. The van der Waals surface area contributed by atoms with Gasteiger partial charge in [-0.2, -0.15) is 0 Å². The van der Waals surface area contributed by atoms with E-state index in [9.17, 15) is 9.59 Å². The molecule has 0 aliphatic heterocycles. The number of aromatic carboxylic acids is 1. The summed E-state index contributed by atoms with van der Waals surface area (Å²) >= 11 is 3.20. The van der Waals surface area contributed by atoms with Gasteiger partial charge in [-0.3, -0.25) is 4.79 Å². The van der Waals surface area contributed by atoms with Gasteiger partial charge in [0.1, 0.15) is 6.61 Å². The number of anilines is 1. The fraction of sp³-hybridized carbons (Fsp3) is 0.385. The van der Waals surface area contributed by atoms with Crippen LogP contribution in [0.2, 0.25) is 0 Å². The smallest absolute Gasteiger partial charge is 0.335 e. The quantitative estimate of drug-likeness (QED) is 0.890. The average molecular weight is 330 g/mol. The molecule has 6 heteroatoms. The molecule has 1 aromatic rings. The number of carbonyl (C=O) groups is 2. The zero-order chi connectivity index (χ0) is 14.6. The van der Waals surface area contributed by atoms with Crippen molar-refractivity contribution >= 4 is 33.5 Å². The predicted octanol–water partition coefficient (Wildman–Crippen LogP) is 2.90. The molecule has 0 aromatic heterocycles. The van der Waals surface area contributed by atoms with E-state index in [1.165, 1.54) is 12.1 Å². The summed E-state index contributed by atoms with van der Waals surface area (Å²) in [6, 6.07) is 4.48. The highest BCUT2D eigenvalue weighted by Gasteiger charge is 2.14. The van der Waals surface area contributed by atoms with Crippen LogP contribution in [0.25, 0.3) is 0 Å². The molecule has 0 unspecified atom stereocenters. The first-order valence-corrected chi connectivity index (χ1v) is 6.44. The van der Waals surface area contributed by atoms with Crippen molar-refractivity contribution in [3.63, 3.8) is 0 Å². The highest BCUT2D eigenvalue weighted by molar-refractivity contribution is 9.10. The number of carboxylic acid groups (broad SMARTS) is 1. The largest absolute Gasteiger partial charge is 0.478 e. The first-order valence-electron chi connectivity index (χ1n) is 5.65. The summed E-state index contributed by atoms with van der Waals surface area (Å²) in [6.45, 7) is 5.46. The number of halogens is 1. The van der Waals surface area contributed by atoms with E-state index >= 15 is 0 Å². The van der Waals surface area contributed by atoms with Crippen LogP contribution in [-0.2, 0) is 9.53 Å². The lowest BCUT2D eigenvalue weighted by Crippen LogP contribution is -2.27. The minimum atomic E-state index is -1.05. The molecular formula is C13H16BrNO4. The molecule has 1 rings (SSSR count).